The van der Waals surface area contributed by atoms with E-state index in [0.717, 1.165) is 0 Å². The van der Waals surface area contributed by atoms with Gasteiger partial charge in [-0.2, -0.15) is 15.1 Å². The Kier molecular flexibility index (Phi) is 7.64. The second kappa shape index (κ2) is 10.6. The van der Waals surface area contributed by atoms with E-state index in [-0.39, 0.29) is 17.3 Å². The van der Waals surface area contributed by atoms with Crippen LogP contribution in [0.3, 0.4) is 0 Å². The van der Waals surface area contributed by atoms with Gasteiger partial charge in [-0.15, -0.1) is 11.6 Å². The minimum absolute atomic E-state index is 0.0932. The summed E-state index contributed by atoms with van der Waals surface area (Å²) in [5.74, 6) is -0.816. The van der Waals surface area contributed by atoms with E-state index in [4.69, 9.17) is 35.9 Å². The molecular weight excluding hydrogens is 584 g/mol. The number of nitrogens with one attached hydrogen (secondary N) is 2. The number of carbonyl (C=O) groups is 1. The average Bonchev–Trinajstić information content (AvgIpc) is 3.16. The Morgan fingerprint density at radius 1 is 1.32 bits per heavy atom. The highest BCUT2D eigenvalue weighted by atomic mass is 35.5. The zero-order chi connectivity index (χ0) is 29.7. The predicted octanol–water partition coefficient (Wildman–Crippen LogP) is 2.54. The van der Waals surface area contributed by atoms with E-state index < -0.39 is 61.4 Å². The van der Waals surface area contributed by atoms with Gasteiger partial charge in [0.1, 0.15) is 23.5 Å². The van der Waals surface area contributed by atoms with Crippen LogP contribution in [-0.2, 0) is 23.4 Å². The van der Waals surface area contributed by atoms with Crippen LogP contribution in [0.1, 0.15) is 27.0 Å². The molecule has 3 heterocycles. The number of nitrogens with two attached hydrogens (primary N) is 1. The van der Waals surface area contributed by atoms with E-state index in [1.54, 1.807) is 39.1 Å². The van der Waals surface area contributed by atoms with Gasteiger partial charge in [0.2, 0.25) is 5.95 Å². The summed E-state index contributed by atoms with van der Waals surface area (Å²) < 4.78 is 54.0. The van der Waals surface area contributed by atoms with Gasteiger partial charge in [-0.1, -0.05) is 18.2 Å². The third-order valence-electron chi connectivity index (χ3n) is 6.84. The Morgan fingerprint density at radius 3 is 2.63 bits per heavy atom. The summed E-state index contributed by atoms with van der Waals surface area (Å²) in [7, 11) is -2.87. The number of hydrogen-bond donors (Lipinski definition) is 4. The molecule has 0 unspecified atom stereocenters. The molecule has 2 aromatic heterocycles. The Morgan fingerprint density at radius 2 is 2.02 bits per heavy atom. The monoisotopic (exact) mass is 613 g/mol. The van der Waals surface area contributed by atoms with Crippen LogP contribution in [0.5, 0.6) is 5.75 Å². The van der Waals surface area contributed by atoms with Crippen molar-refractivity contribution < 1.29 is 37.4 Å². The Balaban J connectivity index is 1.44. The van der Waals surface area contributed by atoms with Gasteiger partial charge >= 0.3 is 13.7 Å². The minimum Gasteiger partial charge on any atom is -0.462 e. The molecule has 7 atom stereocenters. The van der Waals surface area contributed by atoms with Crippen LogP contribution in [0.15, 0.2) is 36.7 Å². The number of aromatic nitrogens is 4. The van der Waals surface area contributed by atoms with Crippen LogP contribution >= 0.6 is 19.3 Å². The number of imidazole rings is 1. The van der Waals surface area contributed by atoms with Gasteiger partial charge in [-0.25, -0.2) is 13.9 Å². The van der Waals surface area contributed by atoms with Crippen LogP contribution in [0.25, 0.3) is 11.2 Å². The number of carbonyl (C=O) groups excluding carboxylic acids is 1. The fourth-order valence-corrected chi connectivity index (χ4v) is 6.99. The smallest absolute Gasteiger partial charge is 0.459 e. The molecular formula is C24H30ClFN7O7P. The SMILES string of the molecule is CNc1nc(N)nc2c1ncn2[C@@H]1O[C@]2(CCl)[C@@H](O[P@@](=O)(N[C@H](C)C(=O)OC(C)C)Oc3ccccc3)[C@]2(O)[C@@H]1F. The molecule has 2 aliphatic rings. The topological polar surface area (TPSA) is 185 Å². The number of nitrogens with zero attached hydrogens (tertiary/aromatic N) is 4. The molecule has 0 bridgehead atoms. The van der Waals surface area contributed by atoms with E-state index in [2.05, 4.69) is 25.4 Å². The highest BCUT2D eigenvalue weighted by molar-refractivity contribution is 7.52. The summed E-state index contributed by atoms with van der Waals surface area (Å²) in [5, 5.41) is 16.9. The van der Waals surface area contributed by atoms with Crippen LogP contribution in [0, 0.1) is 0 Å². The molecule has 1 saturated carbocycles. The normalized spacial score (nSPS) is 29.1. The first-order valence-corrected chi connectivity index (χ1v) is 14.8. The number of para-hydroxylation sites is 1. The van der Waals surface area contributed by atoms with Gasteiger partial charge in [-0.05, 0) is 32.9 Å². The number of hydrogen-bond acceptors (Lipinski definition) is 12. The maximum absolute atomic E-state index is 16.1. The Labute approximate surface area is 239 Å². The molecule has 222 valence electrons. The molecule has 0 spiro atoms. The Bertz CT molecular complexity index is 1500. The molecule has 1 aromatic carbocycles. The zero-order valence-corrected chi connectivity index (χ0v) is 24.2. The number of nitrogen functional groups attached to an aromatic ring is 1. The molecule has 0 radical (unpaired) electrons. The summed E-state index contributed by atoms with van der Waals surface area (Å²) in [4.78, 5) is 24.9. The van der Waals surface area contributed by atoms with Crippen molar-refractivity contribution in [2.24, 2.45) is 0 Å². The van der Waals surface area contributed by atoms with Crippen molar-refractivity contribution in [2.45, 2.75) is 62.6 Å². The lowest BCUT2D eigenvalue weighted by Crippen LogP contribution is -2.38. The van der Waals surface area contributed by atoms with Crippen LogP contribution in [-0.4, -0.2) is 79.1 Å². The molecule has 3 aromatic rings. The van der Waals surface area contributed by atoms with Crippen molar-refractivity contribution in [3.63, 3.8) is 0 Å². The highest BCUT2D eigenvalue weighted by Crippen LogP contribution is 2.69. The van der Waals surface area contributed by atoms with Crippen molar-refractivity contribution in [1.29, 1.82) is 0 Å². The second-order valence-electron chi connectivity index (χ2n) is 9.99. The number of anilines is 2. The number of halogens is 2. The fraction of sp³-hybridized carbons (Fsp3) is 0.500. The number of aliphatic hydroxyl groups is 1. The lowest BCUT2D eigenvalue weighted by Gasteiger charge is -2.27. The van der Waals surface area contributed by atoms with Gasteiger partial charge in [0.05, 0.1) is 18.3 Å². The first-order valence-electron chi connectivity index (χ1n) is 12.7. The van der Waals surface area contributed by atoms with Crippen molar-refractivity contribution >= 4 is 48.2 Å². The number of alkyl halides is 2. The van der Waals surface area contributed by atoms with Crippen LogP contribution < -0.4 is 20.7 Å². The van der Waals surface area contributed by atoms with E-state index in [1.807, 2.05) is 0 Å². The third kappa shape index (κ3) is 4.90. The van der Waals surface area contributed by atoms with E-state index in [0.29, 0.717) is 11.3 Å². The average molecular weight is 614 g/mol. The first-order chi connectivity index (χ1) is 19.4. The highest BCUT2D eigenvalue weighted by Gasteiger charge is 2.90. The first kappa shape index (κ1) is 29.4. The van der Waals surface area contributed by atoms with Gasteiger partial charge in [0, 0.05) is 7.05 Å². The number of esters is 1. The molecule has 17 heteroatoms. The molecule has 1 saturated heterocycles. The molecule has 1 aliphatic heterocycles. The van der Waals surface area contributed by atoms with Crippen LogP contribution in [0.2, 0.25) is 0 Å². The lowest BCUT2D eigenvalue weighted by molar-refractivity contribution is -0.149. The summed E-state index contributed by atoms with van der Waals surface area (Å²) in [5.41, 5.74) is 2.07. The van der Waals surface area contributed by atoms with E-state index >= 15 is 4.39 Å². The van der Waals surface area contributed by atoms with Gasteiger partial charge in [-0.3, -0.25) is 13.9 Å². The molecule has 2 fully saturated rings. The lowest BCUT2D eigenvalue weighted by atomic mass is 10.1. The van der Waals surface area contributed by atoms with Crippen molar-refractivity contribution in [1.82, 2.24) is 24.6 Å². The van der Waals surface area contributed by atoms with Crippen LogP contribution in [0.4, 0.5) is 16.2 Å². The maximum atomic E-state index is 16.1. The van der Waals surface area contributed by atoms with Crippen molar-refractivity contribution in [3.05, 3.63) is 36.7 Å². The standard InChI is InChI=1S/C24H30ClFN7O7P/c1-12(2)37-20(34)13(3)32-41(36,39-14-8-6-5-7-9-14)40-21-23(10-25)24(21,35)16(26)19(38-23)33-11-29-15-17(28-4)30-22(27)31-18(15)33/h5-9,11-13,16,19,21,35H,10H2,1-4H3,(H,32,36)(H3,27,28,30,31)/t13-,16-,19-,21-,23-,24-,41-/m1/s1. The van der Waals surface area contributed by atoms with Gasteiger partial charge in [0.15, 0.2) is 35.0 Å². The zero-order valence-electron chi connectivity index (χ0n) is 22.5. The summed E-state index contributed by atoms with van der Waals surface area (Å²) in [6.07, 6.45) is -4.30. The van der Waals surface area contributed by atoms with E-state index in [1.165, 1.54) is 30.0 Å². The molecule has 5 rings (SSSR count). The van der Waals surface area contributed by atoms with Gasteiger partial charge < -0.3 is 30.2 Å². The second-order valence-corrected chi connectivity index (χ2v) is 11.9. The number of ether oxygens (including phenoxy) is 2. The van der Waals surface area contributed by atoms with Crippen molar-refractivity contribution in [2.75, 3.05) is 24.0 Å². The summed E-state index contributed by atoms with van der Waals surface area (Å²) in [6.45, 7) is 4.71. The van der Waals surface area contributed by atoms with E-state index in [9.17, 15) is 14.5 Å². The molecule has 41 heavy (non-hydrogen) atoms. The maximum Gasteiger partial charge on any atom is 0.459 e. The van der Waals surface area contributed by atoms with Gasteiger partial charge in [0.25, 0.3) is 0 Å². The number of benzene rings is 1. The van der Waals surface area contributed by atoms with Crippen molar-refractivity contribution in [3.8, 4) is 5.75 Å². The minimum atomic E-state index is -4.48. The largest absolute Gasteiger partial charge is 0.462 e. The summed E-state index contributed by atoms with van der Waals surface area (Å²) in [6, 6.07) is 6.83. The summed E-state index contributed by atoms with van der Waals surface area (Å²) >= 11 is 6.22. The molecule has 5 N–H and O–H groups in total. The predicted molar refractivity (Wildman–Crippen MR) is 146 cm³/mol. The molecule has 0 amide bonds. The molecule has 1 aliphatic carbocycles. The quantitative estimate of drug-likeness (QED) is 0.141. The number of rotatable bonds is 11. The third-order valence-corrected chi connectivity index (χ3v) is 8.88. The Hall–Kier alpha value is -3.07. The fourth-order valence-electron chi connectivity index (χ4n) is 4.83. The molecule has 14 nitrogen and oxygen atoms in total. The number of fused-ring (bicyclic) bond motifs is 2.